The number of hydrogen-bond donors (Lipinski definition) is 2. The van der Waals surface area contributed by atoms with Crippen molar-refractivity contribution in [1.29, 1.82) is 0 Å². The smallest absolute Gasteiger partial charge is 0.230 e. The Morgan fingerprint density at radius 2 is 2.29 bits per heavy atom. The van der Waals surface area contributed by atoms with Gasteiger partial charge in [0.05, 0.1) is 5.75 Å². The van der Waals surface area contributed by atoms with E-state index in [0.717, 1.165) is 24.3 Å². The van der Waals surface area contributed by atoms with E-state index < -0.39 is 0 Å². The molecule has 1 aliphatic rings. The van der Waals surface area contributed by atoms with Crippen molar-refractivity contribution in [1.82, 2.24) is 10.6 Å². The van der Waals surface area contributed by atoms with Crippen molar-refractivity contribution in [2.24, 2.45) is 0 Å². The highest BCUT2D eigenvalue weighted by Gasteiger charge is 2.22. The van der Waals surface area contributed by atoms with Gasteiger partial charge in [-0.05, 0) is 37.6 Å². The van der Waals surface area contributed by atoms with Gasteiger partial charge in [0.15, 0.2) is 0 Å². The average Bonchev–Trinajstić information content (AvgIpc) is 3.11. The molecular formula is C13H18N2OS. The number of thioether (sulfide) groups is 1. The van der Waals surface area contributed by atoms with Crippen LogP contribution < -0.4 is 10.6 Å². The summed E-state index contributed by atoms with van der Waals surface area (Å²) in [6.45, 7) is 0.864. The molecule has 0 heterocycles. The van der Waals surface area contributed by atoms with Crippen molar-refractivity contribution in [2.45, 2.75) is 30.3 Å². The molecule has 2 N–H and O–H groups in total. The molecule has 1 amide bonds. The summed E-state index contributed by atoms with van der Waals surface area (Å²) in [5.41, 5.74) is 1.25. The van der Waals surface area contributed by atoms with Crippen LogP contribution in [-0.4, -0.2) is 24.7 Å². The summed E-state index contributed by atoms with van der Waals surface area (Å²) in [7, 11) is 1.93. The van der Waals surface area contributed by atoms with Crippen LogP contribution in [0.15, 0.2) is 29.2 Å². The van der Waals surface area contributed by atoms with E-state index in [9.17, 15) is 4.79 Å². The molecule has 1 aliphatic carbocycles. The highest BCUT2D eigenvalue weighted by Crippen LogP contribution is 2.21. The van der Waals surface area contributed by atoms with Crippen molar-refractivity contribution in [3.05, 3.63) is 29.8 Å². The lowest BCUT2D eigenvalue weighted by Gasteiger charge is -2.05. The van der Waals surface area contributed by atoms with Crippen LogP contribution in [0.5, 0.6) is 0 Å². The minimum atomic E-state index is 0.150. The van der Waals surface area contributed by atoms with Crippen LogP contribution >= 0.6 is 11.8 Å². The third kappa shape index (κ3) is 4.40. The Kier molecular flexibility index (Phi) is 4.45. The highest BCUT2D eigenvalue weighted by atomic mass is 32.2. The molecular weight excluding hydrogens is 232 g/mol. The van der Waals surface area contributed by atoms with E-state index in [2.05, 4.69) is 22.8 Å². The lowest BCUT2D eigenvalue weighted by molar-refractivity contribution is -0.118. The molecule has 0 aromatic heterocycles. The first-order valence-electron chi connectivity index (χ1n) is 5.93. The summed E-state index contributed by atoms with van der Waals surface area (Å²) in [5.74, 6) is 0.663. The van der Waals surface area contributed by atoms with E-state index in [-0.39, 0.29) is 5.91 Å². The molecule has 1 fully saturated rings. The van der Waals surface area contributed by atoms with Crippen molar-refractivity contribution in [3.8, 4) is 0 Å². The zero-order chi connectivity index (χ0) is 12.1. The molecule has 92 valence electrons. The largest absolute Gasteiger partial charge is 0.353 e. The van der Waals surface area contributed by atoms with Crippen LogP contribution in [0.1, 0.15) is 18.4 Å². The van der Waals surface area contributed by atoms with Gasteiger partial charge < -0.3 is 10.6 Å². The zero-order valence-electron chi connectivity index (χ0n) is 10.0. The predicted octanol–water partition coefficient (Wildman–Crippen LogP) is 1.78. The molecule has 1 saturated carbocycles. The number of carbonyl (C=O) groups excluding carboxylic acids is 1. The highest BCUT2D eigenvalue weighted by molar-refractivity contribution is 8.00. The van der Waals surface area contributed by atoms with Gasteiger partial charge in [-0.1, -0.05) is 12.1 Å². The standard InChI is InChI=1S/C13H18N2OS/c1-14-8-10-3-2-4-12(7-10)17-9-13(16)15-11-5-6-11/h2-4,7,11,14H,5-6,8-9H2,1H3,(H,15,16). The predicted molar refractivity (Wildman–Crippen MR) is 71.1 cm³/mol. The van der Waals surface area contributed by atoms with Crippen LogP contribution in [0.3, 0.4) is 0 Å². The van der Waals surface area contributed by atoms with E-state index in [1.165, 1.54) is 5.56 Å². The van der Waals surface area contributed by atoms with Gasteiger partial charge >= 0.3 is 0 Å². The maximum atomic E-state index is 11.5. The minimum Gasteiger partial charge on any atom is -0.353 e. The topological polar surface area (TPSA) is 41.1 Å². The van der Waals surface area contributed by atoms with Crippen molar-refractivity contribution < 1.29 is 4.79 Å². The van der Waals surface area contributed by atoms with E-state index in [1.54, 1.807) is 11.8 Å². The summed E-state index contributed by atoms with van der Waals surface area (Å²) in [4.78, 5) is 12.7. The molecule has 0 spiro atoms. The molecule has 0 saturated heterocycles. The van der Waals surface area contributed by atoms with E-state index in [4.69, 9.17) is 0 Å². The van der Waals surface area contributed by atoms with Crippen molar-refractivity contribution >= 4 is 17.7 Å². The molecule has 0 radical (unpaired) electrons. The number of nitrogens with one attached hydrogen (secondary N) is 2. The van der Waals surface area contributed by atoms with Crippen molar-refractivity contribution in [3.63, 3.8) is 0 Å². The summed E-state index contributed by atoms with van der Waals surface area (Å²) in [6.07, 6.45) is 2.29. The maximum Gasteiger partial charge on any atom is 0.230 e. The van der Waals surface area contributed by atoms with Gasteiger partial charge in [0, 0.05) is 17.5 Å². The Bertz CT molecular complexity index is 391. The Morgan fingerprint density at radius 3 is 3.00 bits per heavy atom. The minimum absolute atomic E-state index is 0.150. The molecule has 0 atom stereocenters. The van der Waals surface area contributed by atoms with Crippen LogP contribution in [0, 0.1) is 0 Å². The summed E-state index contributed by atoms with van der Waals surface area (Å²) < 4.78 is 0. The Hall–Kier alpha value is -1.00. The van der Waals surface area contributed by atoms with Crippen LogP contribution in [0.25, 0.3) is 0 Å². The monoisotopic (exact) mass is 250 g/mol. The molecule has 17 heavy (non-hydrogen) atoms. The quantitative estimate of drug-likeness (QED) is 0.756. The number of benzene rings is 1. The molecule has 3 nitrogen and oxygen atoms in total. The number of carbonyl (C=O) groups is 1. The normalized spacial score (nSPS) is 14.6. The van der Waals surface area contributed by atoms with E-state index >= 15 is 0 Å². The van der Waals surface area contributed by atoms with Crippen molar-refractivity contribution in [2.75, 3.05) is 12.8 Å². The average molecular weight is 250 g/mol. The second-order valence-electron chi connectivity index (χ2n) is 4.31. The molecule has 0 bridgehead atoms. The molecule has 1 aromatic carbocycles. The summed E-state index contributed by atoms with van der Waals surface area (Å²) >= 11 is 1.60. The Balaban J connectivity index is 1.80. The van der Waals surface area contributed by atoms with E-state index in [0.29, 0.717) is 11.8 Å². The summed E-state index contributed by atoms with van der Waals surface area (Å²) in [5, 5.41) is 6.11. The van der Waals surface area contributed by atoms with Gasteiger partial charge in [-0.25, -0.2) is 0 Å². The van der Waals surface area contributed by atoms with Crippen LogP contribution in [0.2, 0.25) is 0 Å². The fourth-order valence-corrected chi connectivity index (χ4v) is 2.39. The van der Waals surface area contributed by atoms with Gasteiger partial charge in [-0.3, -0.25) is 4.79 Å². The van der Waals surface area contributed by atoms with Gasteiger partial charge in [0.2, 0.25) is 5.91 Å². The molecule has 1 aromatic rings. The van der Waals surface area contributed by atoms with Gasteiger partial charge in [-0.15, -0.1) is 11.8 Å². The number of amides is 1. The molecule has 2 rings (SSSR count). The zero-order valence-corrected chi connectivity index (χ0v) is 10.8. The fourth-order valence-electron chi connectivity index (χ4n) is 1.60. The number of hydrogen-bond acceptors (Lipinski definition) is 3. The molecule has 4 heteroatoms. The third-order valence-electron chi connectivity index (χ3n) is 2.59. The fraction of sp³-hybridized carbons (Fsp3) is 0.462. The first-order chi connectivity index (χ1) is 8.28. The van der Waals surface area contributed by atoms with E-state index in [1.807, 2.05) is 19.2 Å². The second-order valence-corrected chi connectivity index (χ2v) is 5.36. The summed E-state index contributed by atoms with van der Waals surface area (Å²) in [6, 6.07) is 8.76. The lowest BCUT2D eigenvalue weighted by Crippen LogP contribution is -2.26. The second kappa shape index (κ2) is 6.07. The number of rotatable bonds is 6. The third-order valence-corrected chi connectivity index (χ3v) is 3.59. The maximum absolute atomic E-state index is 11.5. The first-order valence-corrected chi connectivity index (χ1v) is 6.92. The van der Waals surface area contributed by atoms with Gasteiger partial charge in [0.1, 0.15) is 0 Å². The molecule has 0 aliphatic heterocycles. The molecule has 0 unspecified atom stereocenters. The Labute approximate surface area is 106 Å². The van der Waals surface area contributed by atoms with Crippen LogP contribution in [-0.2, 0) is 11.3 Å². The lowest BCUT2D eigenvalue weighted by atomic mass is 10.2. The SMILES string of the molecule is CNCc1cccc(SCC(=O)NC2CC2)c1. The Morgan fingerprint density at radius 1 is 1.47 bits per heavy atom. The first kappa shape index (κ1) is 12.5. The van der Waals surface area contributed by atoms with Crippen LogP contribution in [0.4, 0.5) is 0 Å². The van der Waals surface area contributed by atoms with Gasteiger partial charge in [-0.2, -0.15) is 0 Å². The van der Waals surface area contributed by atoms with Gasteiger partial charge in [0.25, 0.3) is 0 Å².